The van der Waals surface area contributed by atoms with E-state index >= 15 is 0 Å². The molecule has 2 saturated heterocycles. The van der Waals surface area contributed by atoms with Gasteiger partial charge in [0.15, 0.2) is 0 Å². The number of rotatable bonds is 2. The van der Waals surface area contributed by atoms with Crippen LogP contribution >= 0.6 is 0 Å². The van der Waals surface area contributed by atoms with Crippen molar-refractivity contribution in [3.8, 4) is 0 Å². The number of hydrogen-bond donors (Lipinski definition) is 3. The second-order valence-electron chi connectivity index (χ2n) is 11.5. The first kappa shape index (κ1) is 36.9. The van der Waals surface area contributed by atoms with Crippen LogP contribution in [0.2, 0.25) is 0 Å². The van der Waals surface area contributed by atoms with Crippen LogP contribution in [0, 0.1) is 0 Å². The minimum atomic E-state index is -1.01. The fourth-order valence-corrected chi connectivity index (χ4v) is 5.78. The highest BCUT2D eigenvalue weighted by Crippen LogP contribution is 2.29. The van der Waals surface area contributed by atoms with Crippen molar-refractivity contribution in [3.63, 3.8) is 0 Å². The third-order valence-corrected chi connectivity index (χ3v) is 8.15. The number of imide groups is 3. The normalized spacial score (nSPS) is 19.6. The number of benzene rings is 3. The zero-order valence-electron chi connectivity index (χ0n) is 27.3. The number of esters is 4. The number of carbonyl (C=O) groups excluding carboxylic acids is 11. The van der Waals surface area contributed by atoms with Crippen molar-refractivity contribution in [3.05, 3.63) is 106 Å². The van der Waals surface area contributed by atoms with E-state index in [1.54, 1.807) is 60.7 Å². The standard InChI is InChI=1S/C13H10N2O4.C13H9NO5.C8H4O3.CH4N2O/c16-10-6-5-9(11(17)14-10)15-12(18)7-3-1-2-4-8(7)13(15)19;15-10-6-5-9(13(18)19-10)14-11(16)7-3-1-2-4-8(7)12(14)17;9-7-5-3-1-2-4-6(5)8(10)11-7;2-1(3)4/h1-4,9H,5-6H2,(H,14,16,17);1-4,9H,5-6H2;1-4H;(H4,2,3,4)/i14+1;;;2+1,3+1. The van der Waals surface area contributed by atoms with Crippen molar-refractivity contribution >= 4 is 65.4 Å². The van der Waals surface area contributed by atoms with E-state index in [-0.39, 0.29) is 42.7 Å². The Hall–Kier alpha value is -7.37. The van der Waals surface area contributed by atoms with Crippen LogP contribution in [-0.4, -0.2) is 87.2 Å². The molecule has 0 bridgehead atoms. The van der Waals surface area contributed by atoms with Gasteiger partial charge in [0, 0.05) is 12.8 Å². The van der Waals surface area contributed by atoms with E-state index in [0.29, 0.717) is 22.3 Å². The predicted molar refractivity (Wildman–Crippen MR) is 174 cm³/mol. The van der Waals surface area contributed by atoms with Crippen molar-refractivity contribution in [1.82, 2.24) is 15.1 Å². The molecule has 3 aromatic carbocycles. The second kappa shape index (κ2) is 15.3. The summed E-state index contributed by atoms with van der Waals surface area (Å²) in [5, 5.41) is 2.15. The SMILES string of the molecule is O=C1CCC(N2C(=O)c3ccccc3C2=O)C(=O)O1.O=C1CCC(N2C(=O)c3ccccc3C2=O)C(=O)[15NH]1.O=C1OC(=O)c2ccccc21.[15NH2]C([15NH2])=O. The first-order valence-electron chi connectivity index (χ1n) is 15.6. The lowest BCUT2D eigenvalue weighted by molar-refractivity contribution is -0.167. The molecule has 53 heavy (non-hydrogen) atoms. The van der Waals surface area contributed by atoms with Crippen LogP contribution in [0.25, 0.3) is 0 Å². The van der Waals surface area contributed by atoms with Gasteiger partial charge in [-0.1, -0.05) is 36.4 Å². The van der Waals surface area contributed by atoms with Crippen LogP contribution in [0.3, 0.4) is 0 Å². The van der Waals surface area contributed by atoms with Crippen molar-refractivity contribution in [2.45, 2.75) is 37.8 Å². The average Bonchev–Trinajstić information content (AvgIpc) is 3.66. The number of ether oxygens (including phenoxy) is 2. The van der Waals surface area contributed by atoms with Crippen LogP contribution < -0.4 is 16.8 Å². The van der Waals surface area contributed by atoms with Gasteiger partial charge in [0.25, 0.3) is 23.6 Å². The Morgan fingerprint density at radius 3 is 1.28 bits per heavy atom. The topological polar surface area (TPSA) is 277 Å². The monoisotopic (exact) mass is 728 g/mol. The Labute approximate surface area is 297 Å². The molecule has 8 rings (SSSR count). The van der Waals surface area contributed by atoms with Gasteiger partial charge in [0.2, 0.25) is 11.8 Å². The van der Waals surface area contributed by atoms with Crippen molar-refractivity contribution in [1.29, 1.82) is 0 Å². The third kappa shape index (κ3) is 7.55. The highest BCUT2D eigenvalue weighted by molar-refractivity contribution is 6.24. The molecule has 270 valence electrons. The Morgan fingerprint density at radius 1 is 0.547 bits per heavy atom. The van der Waals surface area contributed by atoms with Crippen molar-refractivity contribution in [2.75, 3.05) is 0 Å². The summed E-state index contributed by atoms with van der Waals surface area (Å²) < 4.78 is 8.84. The molecule has 2 atom stereocenters. The zero-order valence-corrected chi connectivity index (χ0v) is 27.3. The number of piperidine rings is 1. The highest BCUT2D eigenvalue weighted by Gasteiger charge is 2.46. The molecule has 2 fully saturated rings. The fraction of sp³-hybridized carbons (Fsp3) is 0.171. The molecule has 18 nitrogen and oxygen atoms in total. The van der Waals surface area contributed by atoms with E-state index in [0.717, 1.165) is 9.80 Å². The number of primary amides is 2. The molecule has 18 heteroatoms. The number of urea groups is 1. The second-order valence-corrected chi connectivity index (χ2v) is 11.5. The lowest BCUT2D eigenvalue weighted by atomic mass is 10.1. The molecular formula is C35H27N5O13. The van der Waals surface area contributed by atoms with Gasteiger partial charge in [0.1, 0.15) is 12.1 Å². The average molecular weight is 729 g/mol. The molecule has 5 N–H and O–H groups in total. The number of nitrogens with one attached hydrogen (secondary N) is 1. The molecule has 0 radical (unpaired) electrons. The summed E-state index contributed by atoms with van der Waals surface area (Å²) >= 11 is 0. The molecule has 5 aliphatic rings. The van der Waals surface area contributed by atoms with E-state index < -0.39 is 71.5 Å². The summed E-state index contributed by atoms with van der Waals surface area (Å²) in [6.45, 7) is 0. The molecule has 0 aliphatic carbocycles. The number of cyclic esters (lactones) is 4. The van der Waals surface area contributed by atoms with E-state index in [1.807, 2.05) is 0 Å². The Morgan fingerprint density at radius 2 is 0.906 bits per heavy atom. The molecule has 2 unspecified atom stereocenters. The Kier molecular flexibility index (Phi) is 10.6. The number of carbonyl (C=O) groups is 11. The molecule has 5 heterocycles. The zero-order chi connectivity index (χ0) is 38.6. The number of nitrogens with zero attached hydrogens (tertiary/aromatic N) is 2. The minimum Gasteiger partial charge on any atom is -0.392 e. The van der Waals surface area contributed by atoms with Crippen LogP contribution in [0.5, 0.6) is 0 Å². The van der Waals surface area contributed by atoms with Gasteiger partial charge in [-0.3, -0.25) is 48.7 Å². The molecule has 0 saturated carbocycles. The molecule has 0 spiro atoms. The fourth-order valence-electron chi connectivity index (χ4n) is 5.78. The maximum atomic E-state index is 12.2. The first-order chi connectivity index (χ1) is 25.2. The maximum Gasteiger partial charge on any atom is 0.346 e. The van der Waals surface area contributed by atoms with Crippen LogP contribution in [0.1, 0.15) is 87.8 Å². The number of hydrogen-bond acceptors (Lipinski definition) is 13. The quantitative estimate of drug-likeness (QED) is 0.141. The van der Waals surface area contributed by atoms with Gasteiger partial charge in [0.05, 0.1) is 33.4 Å². The van der Waals surface area contributed by atoms with Crippen LogP contribution in [0.4, 0.5) is 4.79 Å². The van der Waals surface area contributed by atoms with E-state index in [1.165, 1.54) is 12.1 Å². The molecule has 3 aromatic rings. The van der Waals surface area contributed by atoms with Crippen LogP contribution in [0.15, 0.2) is 72.8 Å². The van der Waals surface area contributed by atoms with Crippen LogP contribution in [-0.2, 0) is 28.7 Å². The van der Waals surface area contributed by atoms with Gasteiger partial charge in [-0.05, 0) is 49.2 Å². The number of fused-ring (bicyclic) bond motifs is 3. The summed E-state index contributed by atoms with van der Waals surface area (Å²) in [5.74, 6) is -5.53. The van der Waals surface area contributed by atoms with Gasteiger partial charge in [-0.2, -0.15) is 0 Å². The third-order valence-electron chi connectivity index (χ3n) is 8.15. The molecule has 8 amide bonds. The predicted octanol–water partition coefficient (Wildman–Crippen LogP) is 0.624. The Bertz CT molecular complexity index is 1930. The van der Waals surface area contributed by atoms with Gasteiger partial charge in [-0.25, -0.2) is 19.2 Å². The number of amides is 8. The molecule has 5 aliphatic heterocycles. The lowest BCUT2D eigenvalue weighted by Gasteiger charge is -2.27. The first-order valence-corrected chi connectivity index (χ1v) is 15.6. The van der Waals surface area contributed by atoms with E-state index in [2.05, 4.69) is 26.3 Å². The smallest absolute Gasteiger partial charge is 0.346 e. The molecule has 0 aromatic heterocycles. The van der Waals surface area contributed by atoms with Gasteiger partial charge >= 0.3 is 29.9 Å². The lowest BCUT2D eigenvalue weighted by Crippen LogP contribution is -2.54. The Balaban J connectivity index is 0.000000150. The van der Waals surface area contributed by atoms with E-state index in [4.69, 9.17) is 4.79 Å². The largest absolute Gasteiger partial charge is 0.392 e. The number of nitrogens with two attached hydrogens (primary N) is 2. The molecular weight excluding hydrogens is 701 g/mol. The summed E-state index contributed by atoms with van der Waals surface area (Å²) in [5.41, 5.74) is 10.4. The maximum absolute atomic E-state index is 12.2. The van der Waals surface area contributed by atoms with Crippen molar-refractivity contribution < 1.29 is 62.2 Å². The summed E-state index contributed by atoms with van der Waals surface area (Å²) in [6, 6.07) is 16.6. The summed E-state index contributed by atoms with van der Waals surface area (Å²) in [7, 11) is 0. The van der Waals surface area contributed by atoms with Gasteiger partial charge in [-0.15, -0.1) is 0 Å². The van der Waals surface area contributed by atoms with Crippen molar-refractivity contribution in [2.24, 2.45) is 11.5 Å². The highest BCUT2D eigenvalue weighted by atomic mass is 16.6. The minimum absolute atomic E-state index is 0.0177. The van der Waals surface area contributed by atoms with E-state index in [9.17, 15) is 47.9 Å². The summed E-state index contributed by atoms with van der Waals surface area (Å²) in [6.07, 6.45) is 0.437. The van der Waals surface area contributed by atoms with Gasteiger partial charge < -0.3 is 20.9 Å². The summed E-state index contributed by atoms with van der Waals surface area (Å²) in [4.78, 5) is 127.